The third-order valence-electron chi connectivity index (χ3n) is 4.67. The Morgan fingerprint density at radius 3 is 1.52 bits per heavy atom. The molecule has 0 unspecified atom stereocenters. The van der Waals surface area contributed by atoms with Crippen LogP contribution in [-0.4, -0.2) is 22.2 Å². The first-order valence-electron chi connectivity index (χ1n) is 9.66. The smallest absolute Gasteiger partial charge is 0.335 e. The second-order valence-electron chi connectivity index (χ2n) is 6.73. The lowest BCUT2D eigenvalue weighted by Crippen LogP contribution is -2.10. The molecule has 0 saturated heterocycles. The first kappa shape index (κ1) is 21.2. The van der Waals surface area contributed by atoms with Crippen molar-refractivity contribution in [2.45, 2.75) is 84.0 Å². The number of carboxylic acid groups (broad SMARTS) is 2. The average Bonchev–Trinajstić information content (AvgIpc) is 2.59. The van der Waals surface area contributed by atoms with Crippen LogP contribution in [0.25, 0.3) is 0 Å². The van der Waals surface area contributed by atoms with Crippen molar-refractivity contribution in [2.24, 2.45) is 0 Å². The molecule has 1 rings (SSSR count). The second-order valence-corrected chi connectivity index (χ2v) is 6.73. The quantitative estimate of drug-likeness (QED) is 0.408. The van der Waals surface area contributed by atoms with E-state index in [1.54, 1.807) is 0 Å². The van der Waals surface area contributed by atoms with Gasteiger partial charge >= 0.3 is 11.9 Å². The van der Waals surface area contributed by atoms with E-state index in [-0.39, 0.29) is 11.1 Å². The molecule has 0 saturated carbocycles. The summed E-state index contributed by atoms with van der Waals surface area (Å²) in [7, 11) is 0. The Bertz CT molecular complexity index is 504. The summed E-state index contributed by atoms with van der Waals surface area (Å²) in [4.78, 5) is 22.6. The molecule has 0 aliphatic carbocycles. The highest BCUT2D eigenvalue weighted by Gasteiger charge is 2.17. The van der Waals surface area contributed by atoms with Crippen molar-refractivity contribution in [2.75, 3.05) is 0 Å². The molecule has 2 N–H and O–H groups in total. The third-order valence-corrected chi connectivity index (χ3v) is 4.67. The minimum Gasteiger partial charge on any atom is -0.478 e. The molecule has 0 fully saturated rings. The van der Waals surface area contributed by atoms with Crippen molar-refractivity contribution in [3.63, 3.8) is 0 Å². The Labute approximate surface area is 151 Å². The molecule has 1 aromatic rings. The fourth-order valence-corrected chi connectivity index (χ4v) is 3.22. The number of hydrogen-bond acceptors (Lipinski definition) is 2. The number of carbonyl (C=O) groups is 2. The maximum Gasteiger partial charge on any atom is 0.335 e. The van der Waals surface area contributed by atoms with Crippen LogP contribution in [0.2, 0.25) is 0 Å². The van der Waals surface area contributed by atoms with Gasteiger partial charge in [-0.25, -0.2) is 9.59 Å². The van der Waals surface area contributed by atoms with Crippen LogP contribution in [-0.2, 0) is 6.42 Å². The van der Waals surface area contributed by atoms with Crippen molar-refractivity contribution in [1.29, 1.82) is 0 Å². The molecule has 0 aliphatic heterocycles. The van der Waals surface area contributed by atoms with Crippen LogP contribution < -0.4 is 0 Å². The van der Waals surface area contributed by atoms with E-state index < -0.39 is 11.9 Å². The number of aromatic carboxylic acids is 2. The van der Waals surface area contributed by atoms with Gasteiger partial charge in [0.2, 0.25) is 0 Å². The van der Waals surface area contributed by atoms with E-state index >= 15 is 0 Å². The lowest BCUT2D eigenvalue weighted by molar-refractivity contribution is 0.0695. The van der Waals surface area contributed by atoms with Crippen LogP contribution in [0.15, 0.2) is 18.2 Å². The van der Waals surface area contributed by atoms with Crippen molar-refractivity contribution >= 4 is 11.9 Å². The second kappa shape index (κ2) is 12.5. The normalized spacial score (nSPS) is 10.8. The highest BCUT2D eigenvalue weighted by molar-refractivity contribution is 5.96. The SMILES string of the molecule is CCCCCCCCCCCCCc1c(C(=O)O)cccc1C(=O)O. The zero-order chi connectivity index (χ0) is 18.5. The van der Waals surface area contributed by atoms with Crippen molar-refractivity contribution in [3.05, 3.63) is 34.9 Å². The van der Waals surface area contributed by atoms with Gasteiger partial charge in [0.15, 0.2) is 0 Å². The lowest BCUT2D eigenvalue weighted by atomic mass is 9.95. The highest BCUT2D eigenvalue weighted by atomic mass is 16.4. The van der Waals surface area contributed by atoms with Gasteiger partial charge in [-0.05, 0) is 30.5 Å². The summed E-state index contributed by atoms with van der Waals surface area (Å²) in [6.45, 7) is 2.23. The number of benzene rings is 1. The zero-order valence-corrected chi connectivity index (χ0v) is 15.4. The molecule has 0 radical (unpaired) electrons. The molecule has 0 aromatic heterocycles. The van der Waals surface area contributed by atoms with E-state index in [9.17, 15) is 19.8 Å². The van der Waals surface area contributed by atoms with Crippen molar-refractivity contribution in [3.8, 4) is 0 Å². The summed E-state index contributed by atoms with van der Waals surface area (Å²) >= 11 is 0. The number of unbranched alkanes of at least 4 members (excludes halogenated alkanes) is 10. The Hall–Kier alpha value is -1.84. The predicted octanol–water partition coefficient (Wildman–Crippen LogP) is 5.94. The molecule has 0 bridgehead atoms. The zero-order valence-electron chi connectivity index (χ0n) is 15.4. The Morgan fingerprint density at radius 2 is 1.12 bits per heavy atom. The van der Waals surface area contributed by atoms with Crippen molar-refractivity contribution in [1.82, 2.24) is 0 Å². The molecule has 140 valence electrons. The van der Waals surface area contributed by atoms with Gasteiger partial charge in [-0.2, -0.15) is 0 Å². The van der Waals surface area contributed by atoms with Crippen molar-refractivity contribution < 1.29 is 19.8 Å². The maximum atomic E-state index is 11.3. The van der Waals surface area contributed by atoms with Gasteiger partial charge in [0, 0.05) is 0 Å². The molecule has 0 heterocycles. The fourth-order valence-electron chi connectivity index (χ4n) is 3.22. The molecule has 1 aromatic carbocycles. The summed E-state index contributed by atoms with van der Waals surface area (Å²) < 4.78 is 0. The summed E-state index contributed by atoms with van der Waals surface area (Å²) in [5.74, 6) is -2.11. The van der Waals surface area contributed by atoms with Crippen LogP contribution in [0.5, 0.6) is 0 Å². The van der Waals surface area contributed by atoms with Gasteiger partial charge in [0.05, 0.1) is 11.1 Å². The molecule has 0 atom stereocenters. The largest absolute Gasteiger partial charge is 0.478 e. The van der Waals surface area contributed by atoms with E-state index in [1.165, 1.54) is 69.6 Å². The lowest BCUT2D eigenvalue weighted by Gasteiger charge is -2.10. The summed E-state index contributed by atoms with van der Waals surface area (Å²) in [6.07, 6.45) is 13.9. The molecular formula is C21H32O4. The topological polar surface area (TPSA) is 74.6 Å². The van der Waals surface area contributed by atoms with Crippen LogP contribution in [0, 0.1) is 0 Å². The van der Waals surface area contributed by atoms with E-state index in [0.717, 1.165) is 19.3 Å². The number of carboxylic acids is 2. The first-order chi connectivity index (χ1) is 12.1. The van der Waals surface area contributed by atoms with E-state index in [2.05, 4.69) is 6.92 Å². The van der Waals surface area contributed by atoms with Gasteiger partial charge in [-0.1, -0.05) is 77.2 Å². The average molecular weight is 348 g/mol. The van der Waals surface area contributed by atoms with Crippen LogP contribution in [0.1, 0.15) is 104 Å². The van der Waals surface area contributed by atoms with Gasteiger partial charge in [-0.15, -0.1) is 0 Å². The molecule has 4 heteroatoms. The van der Waals surface area contributed by atoms with Gasteiger partial charge in [0.1, 0.15) is 0 Å². The van der Waals surface area contributed by atoms with Gasteiger partial charge in [0.25, 0.3) is 0 Å². The van der Waals surface area contributed by atoms with E-state index in [4.69, 9.17) is 0 Å². The monoisotopic (exact) mass is 348 g/mol. The Kier molecular flexibility index (Phi) is 10.6. The van der Waals surface area contributed by atoms with E-state index in [0.29, 0.717) is 12.0 Å². The molecule has 0 aliphatic rings. The highest BCUT2D eigenvalue weighted by Crippen LogP contribution is 2.19. The molecule has 4 nitrogen and oxygen atoms in total. The summed E-state index contributed by atoms with van der Waals surface area (Å²) in [6, 6.07) is 4.47. The molecule has 0 amide bonds. The predicted molar refractivity (Wildman–Crippen MR) is 101 cm³/mol. The van der Waals surface area contributed by atoms with E-state index in [1.807, 2.05) is 0 Å². The summed E-state index contributed by atoms with van der Waals surface area (Å²) in [5.41, 5.74) is 0.692. The maximum absolute atomic E-state index is 11.3. The Morgan fingerprint density at radius 1 is 0.720 bits per heavy atom. The molecule has 0 spiro atoms. The number of rotatable bonds is 14. The van der Waals surface area contributed by atoms with Gasteiger partial charge in [-0.3, -0.25) is 0 Å². The van der Waals surface area contributed by atoms with Gasteiger partial charge < -0.3 is 10.2 Å². The first-order valence-corrected chi connectivity index (χ1v) is 9.66. The van der Waals surface area contributed by atoms with Crippen LogP contribution in [0.3, 0.4) is 0 Å². The Balaban J connectivity index is 2.28. The number of hydrogen-bond donors (Lipinski definition) is 2. The van der Waals surface area contributed by atoms with Crippen LogP contribution >= 0.6 is 0 Å². The fraction of sp³-hybridized carbons (Fsp3) is 0.619. The molecular weight excluding hydrogens is 316 g/mol. The van der Waals surface area contributed by atoms with Crippen LogP contribution in [0.4, 0.5) is 0 Å². The minimum absolute atomic E-state index is 0.118. The standard InChI is InChI=1S/C21H32O4/c1-2-3-4-5-6-7-8-9-10-11-12-14-17-18(20(22)23)15-13-16-19(17)21(24)25/h13,15-16H,2-12,14H2,1H3,(H,22,23)(H,24,25). The summed E-state index contributed by atoms with van der Waals surface area (Å²) in [5, 5.41) is 18.5. The minimum atomic E-state index is -1.05. The third kappa shape index (κ3) is 8.19. The molecule has 25 heavy (non-hydrogen) atoms.